The maximum Gasteiger partial charge on any atom is 0.307 e. The van der Waals surface area contributed by atoms with Crippen LogP contribution in [0.25, 0.3) is 0 Å². The second-order valence-corrected chi connectivity index (χ2v) is 3.38. The lowest BCUT2D eigenvalue weighted by Crippen LogP contribution is -2.28. The van der Waals surface area contributed by atoms with Crippen molar-refractivity contribution in [1.29, 1.82) is 0 Å². The van der Waals surface area contributed by atoms with E-state index in [1.165, 1.54) is 10.9 Å². The average Bonchev–Trinajstić information content (AvgIpc) is 2.59. The summed E-state index contributed by atoms with van der Waals surface area (Å²) in [6, 6.07) is 0. The quantitative estimate of drug-likeness (QED) is 0.687. The number of aromatic nitrogens is 2. The number of carbonyl (C=O) groups is 2. The van der Waals surface area contributed by atoms with Crippen LogP contribution in [0.4, 0.5) is 5.69 Å². The number of aryl methyl sites for hydroxylation is 1. The molecule has 17 heavy (non-hydrogen) atoms. The molecule has 0 saturated carbocycles. The molecule has 0 aliphatic rings. The molecule has 0 bridgehead atoms. The van der Waals surface area contributed by atoms with Crippen molar-refractivity contribution < 1.29 is 14.3 Å². The Morgan fingerprint density at radius 3 is 2.82 bits per heavy atom. The molecule has 1 rings (SSSR count). The Balaban J connectivity index is 2.43. The summed E-state index contributed by atoms with van der Waals surface area (Å²) in [6.45, 7) is 2.27. The molecule has 3 N–H and O–H groups in total. The highest BCUT2D eigenvalue weighted by molar-refractivity contribution is 5.97. The van der Waals surface area contributed by atoms with Crippen LogP contribution in [0.3, 0.4) is 0 Å². The summed E-state index contributed by atoms with van der Waals surface area (Å²) in [5.74, 6) is -0.697. The molecule has 1 heterocycles. The van der Waals surface area contributed by atoms with Crippen LogP contribution in [0.5, 0.6) is 0 Å². The Morgan fingerprint density at radius 1 is 1.59 bits per heavy atom. The number of nitrogens with one attached hydrogen (secondary N) is 1. The van der Waals surface area contributed by atoms with Gasteiger partial charge in [0.15, 0.2) is 0 Å². The molecular formula is C10H16N4O3. The largest absolute Gasteiger partial charge is 0.466 e. The Morgan fingerprint density at radius 2 is 2.29 bits per heavy atom. The lowest BCUT2D eigenvalue weighted by atomic mass is 10.3. The number of nitrogens with two attached hydrogens (primary N) is 1. The van der Waals surface area contributed by atoms with Gasteiger partial charge in [0, 0.05) is 13.6 Å². The van der Waals surface area contributed by atoms with Gasteiger partial charge < -0.3 is 15.8 Å². The third kappa shape index (κ3) is 3.47. The molecule has 0 fully saturated rings. The Bertz CT molecular complexity index is 394. The van der Waals surface area contributed by atoms with E-state index in [0.29, 0.717) is 12.3 Å². The standard InChI is InChI=1S/C10H16N4O3/c1-3-17-8(15)4-5-12-10(16)9-7(11)6-13-14(9)2/h6H,3-5,11H2,1-2H3,(H,12,16). The van der Waals surface area contributed by atoms with Gasteiger partial charge in [-0.25, -0.2) is 0 Å². The number of anilines is 1. The van der Waals surface area contributed by atoms with Crippen LogP contribution in [0, 0.1) is 0 Å². The molecule has 1 aromatic heterocycles. The molecule has 0 unspecified atom stereocenters. The molecular weight excluding hydrogens is 224 g/mol. The summed E-state index contributed by atoms with van der Waals surface area (Å²) in [5.41, 5.74) is 6.18. The fourth-order valence-corrected chi connectivity index (χ4v) is 1.33. The number of carbonyl (C=O) groups excluding carboxylic acids is 2. The van der Waals surface area contributed by atoms with Crippen molar-refractivity contribution in [3.8, 4) is 0 Å². The Labute approximate surface area is 98.9 Å². The van der Waals surface area contributed by atoms with Gasteiger partial charge in [-0.3, -0.25) is 14.3 Å². The zero-order valence-corrected chi connectivity index (χ0v) is 9.90. The molecule has 1 amide bonds. The van der Waals surface area contributed by atoms with Gasteiger partial charge in [-0.2, -0.15) is 5.10 Å². The van der Waals surface area contributed by atoms with Crippen LogP contribution in [-0.2, 0) is 16.6 Å². The molecule has 0 atom stereocenters. The Hall–Kier alpha value is -2.05. The number of hydrogen-bond acceptors (Lipinski definition) is 5. The van der Waals surface area contributed by atoms with Crippen molar-refractivity contribution in [3.63, 3.8) is 0 Å². The molecule has 7 heteroatoms. The molecule has 0 saturated heterocycles. The predicted molar refractivity (Wildman–Crippen MR) is 61.2 cm³/mol. The van der Waals surface area contributed by atoms with Crippen LogP contribution in [0.1, 0.15) is 23.8 Å². The van der Waals surface area contributed by atoms with Crippen molar-refractivity contribution in [1.82, 2.24) is 15.1 Å². The minimum absolute atomic E-state index is 0.136. The van der Waals surface area contributed by atoms with Crippen molar-refractivity contribution >= 4 is 17.6 Å². The van der Waals surface area contributed by atoms with Crippen LogP contribution in [0.15, 0.2) is 6.20 Å². The van der Waals surface area contributed by atoms with Crippen molar-refractivity contribution in [2.45, 2.75) is 13.3 Å². The second-order valence-electron chi connectivity index (χ2n) is 3.38. The first-order valence-corrected chi connectivity index (χ1v) is 5.27. The highest BCUT2D eigenvalue weighted by Crippen LogP contribution is 2.08. The lowest BCUT2D eigenvalue weighted by Gasteiger charge is -2.06. The van der Waals surface area contributed by atoms with E-state index in [1.807, 2.05) is 0 Å². The van der Waals surface area contributed by atoms with Gasteiger partial charge in [-0.15, -0.1) is 0 Å². The van der Waals surface area contributed by atoms with Crippen molar-refractivity contribution in [2.24, 2.45) is 7.05 Å². The van der Waals surface area contributed by atoms with Gasteiger partial charge in [0.05, 0.1) is 24.9 Å². The number of nitrogen functional groups attached to an aromatic ring is 1. The first-order valence-electron chi connectivity index (χ1n) is 5.27. The van der Waals surface area contributed by atoms with Crippen molar-refractivity contribution in [3.05, 3.63) is 11.9 Å². The van der Waals surface area contributed by atoms with E-state index < -0.39 is 0 Å². The number of rotatable bonds is 5. The van der Waals surface area contributed by atoms with E-state index in [1.54, 1.807) is 14.0 Å². The van der Waals surface area contributed by atoms with E-state index in [0.717, 1.165) is 0 Å². The summed E-state index contributed by atoms with van der Waals surface area (Å²) in [7, 11) is 1.62. The van der Waals surface area contributed by atoms with Crippen LogP contribution in [0.2, 0.25) is 0 Å². The van der Waals surface area contributed by atoms with Gasteiger partial charge in [0.25, 0.3) is 5.91 Å². The monoisotopic (exact) mass is 240 g/mol. The maximum atomic E-state index is 11.7. The summed E-state index contributed by atoms with van der Waals surface area (Å²) in [6.07, 6.45) is 1.54. The number of ether oxygens (including phenoxy) is 1. The predicted octanol–water partition coefficient (Wildman–Crippen LogP) is -0.315. The molecule has 0 aromatic carbocycles. The summed E-state index contributed by atoms with van der Waals surface area (Å²) >= 11 is 0. The molecule has 0 aliphatic carbocycles. The first-order chi connectivity index (χ1) is 8.06. The zero-order valence-electron chi connectivity index (χ0n) is 9.90. The Kier molecular flexibility index (Phi) is 4.50. The summed E-state index contributed by atoms with van der Waals surface area (Å²) < 4.78 is 6.11. The van der Waals surface area contributed by atoms with Gasteiger partial charge in [-0.05, 0) is 6.92 Å². The molecule has 94 valence electrons. The molecule has 0 radical (unpaired) electrons. The zero-order chi connectivity index (χ0) is 12.8. The number of amides is 1. The maximum absolute atomic E-state index is 11.7. The average molecular weight is 240 g/mol. The number of nitrogens with zero attached hydrogens (tertiary/aromatic N) is 2. The van der Waals surface area contributed by atoms with Crippen LogP contribution < -0.4 is 11.1 Å². The normalized spacial score (nSPS) is 10.0. The minimum Gasteiger partial charge on any atom is -0.466 e. The fraction of sp³-hybridized carbons (Fsp3) is 0.500. The van der Waals surface area contributed by atoms with Gasteiger partial charge in [0.1, 0.15) is 5.69 Å². The van der Waals surface area contributed by atoms with Crippen molar-refractivity contribution in [2.75, 3.05) is 18.9 Å². The molecule has 0 aliphatic heterocycles. The van der Waals surface area contributed by atoms with Gasteiger partial charge >= 0.3 is 5.97 Å². The SMILES string of the molecule is CCOC(=O)CCNC(=O)c1c(N)cnn1C. The van der Waals surface area contributed by atoms with Gasteiger partial charge in [-0.1, -0.05) is 0 Å². The minimum atomic E-state index is -0.355. The highest BCUT2D eigenvalue weighted by atomic mass is 16.5. The highest BCUT2D eigenvalue weighted by Gasteiger charge is 2.14. The second kappa shape index (κ2) is 5.88. The molecule has 0 spiro atoms. The number of hydrogen-bond donors (Lipinski definition) is 2. The lowest BCUT2D eigenvalue weighted by molar-refractivity contribution is -0.142. The van der Waals surface area contributed by atoms with E-state index in [4.69, 9.17) is 10.5 Å². The summed E-state index contributed by atoms with van der Waals surface area (Å²) in [5, 5.41) is 6.42. The summed E-state index contributed by atoms with van der Waals surface area (Å²) in [4.78, 5) is 22.7. The first kappa shape index (κ1) is 13.0. The topological polar surface area (TPSA) is 99.2 Å². The molecule has 7 nitrogen and oxygen atoms in total. The molecule has 1 aromatic rings. The van der Waals surface area contributed by atoms with Gasteiger partial charge in [0.2, 0.25) is 0 Å². The fourth-order valence-electron chi connectivity index (χ4n) is 1.33. The number of esters is 1. The third-order valence-electron chi connectivity index (χ3n) is 2.10. The van der Waals surface area contributed by atoms with E-state index in [9.17, 15) is 9.59 Å². The van der Waals surface area contributed by atoms with E-state index in [-0.39, 0.29) is 30.5 Å². The van der Waals surface area contributed by atoms with E-state index in [2.05, 4.69) is 10.4 Å². The van der Waals surface area contributed by atoms with Crippen LogP contribution in [-0.4, -0.2) is 34.8 Å². The smallest absolute Gasteiger partial charge is 0.307 e. The third-order valence-corrected chi connectivity index (χ3v) is 2.10. The van der Waals surface area contributed by atoms with E-state index >= 15 is 0 Å². The van der Waals surface area contributed by atoms with Crippen LogP contribution >= 0.6 is 0 Å².